The third-order valence-corrected chi connectivity index (χ3v) is 5.29. The summed E-state index contributed by atoms with van der Waals surface area (Å²) < 4.78 is 27.1. The summed E-state index contributed by atoms with van der Waals surface area (Å²) in [6, 6.07) is 0. The van der Waals surface area contributed by atoms with E-state index in [1.807, 2.05) is 0 Å². The molecule has 2 aliphatic heterocycles. The molecule has 86 valence electrons. The van der Waals surface area contributed by atoms with Crippen molar-refractivity contribution in [2.24, 2.45) is 5.41 Å². The second-order valence-electron chi connectivity index (χ2n) is 4.03. The molecule has 0 radical (unpaired) electrons. The van der Waals surface area contributed by atoms with E-state index < -0.39 is 15.2 Å². The van der Waals surface area contributed by atoms with Crippen molar-refractivity contribution in [3.8, 4) is 0 Å². The standard InChI is InChI=1S/C8H11ClO4S2/c9-15(11,12)4-6-8(1-2-14-5-8)3-7(10)13-6/h6H,1-5H2. The van der Waals surface area contributed by atoms with Crippen molar-refractivity contribution in [2.75, 3.05) is 17.3 Å². The fraction of sp³-hybridized carbons (Fsp3) is 0.875. The first-order valence-corrected chi connectivity index (χ1v) is 8.24. The molecule has 2 heterocycles. The van der Waals surface area contributed by atoms with Crippen LogP contribution >= 0.6 is 22.4 Å². The van der Waals surface area contributed by atoms with Crippen molar-refractivity contribution < 1.29 is 17.9 Å². The zero-order valence-electron chi connectivity index (χ0n) is 7.94. The Balaban J connectivity index is 2.19. The van der Waals surface area contributed by atoms with Crippen molar-refractivity contribution >= 4 is 37.5 Å². The van der Waals surface area contributed by atoms with Crippen molar-refractivity contribution in [1.82, 2.24) is 0 Å². The Hall–Kier alpha value is 0.0600. The maximum Gasteiger partial charge on any atom is 0.306 e. The summed E-state index contributed by atoms with van der Waals surface area (Å²) in [7, 11) is 1.59. The Labute approximate surface area is 97.1 Å². The predicted octanol–water partition coefficient (Wildman–Crippen LogP) is 0.994. The molecular formula is C8H11ClO4S2. The molecule has 7 heteroatoms. The lowest BCUT2D eigenvalue weighted by Crippen LogP contribution is -2.35. The van der Waals surface area contributed by atoms with Gasteiger partial charge in [0, 0.05) is 21.9 Å². The molecule has 0 aromatic carbocycles. The van der Waals surface area contributed by atoms with Crippen LogP contribution in [0.1, 0.15) is 12.8 Å². The van der Waals surface area contributed by atoms with Gasteiger partial charge in [0.1, 0.15) is 11.9 Å². The number of hydrogen-bond donors (Lipinski definition) is 0. The Morgan fingerprint density at radius 1 is 1.60 bits per heavy atom. The molecule has 2 fully saturated rings. The minimum absolute atomic E-state index is 0.263. The summed E-state index contributed by atoms with van der Waals surface area (Å²) in [6.07, 6.45) is 0.611. The summed E-state index contributed by atoms with van der Waals surface area (Å²) in [4.78, 5) is 11.2. The number of carbonyl (C=O) groups is 1. The Morgan fingerprint density at radius 3 is 2.87 bits per heavy atom. The number of cyclic esters (lactones) is 1. The van der Waals surface area contributed by atoms with Crippen molar-refractivity contribution in [2.45, 2.75) is 18.9 Å². The summed E-state index contributed by atoms with van der Waals surface area (Å²) >= 11 is 1.73. The lowest BCUT2D eigenvalue weighted by Gasteiger charge is -2.25. The van der Waals surface area contributed by atoms with Crippen molar-refractivity contribution in [3.05, 3.63) is 0 Å². The second-order valence-corrected chi connectivity index (χ2v) is 7.95. The van der Waals surface area contributed by atoms with Gasteiger partial charge in [-0.15, -0.1) is 0 Å². The van der Waals surface area contributed by atoms with E-state index >= 15 is 0 Å². The van der Waals surface area contributed by atoms with Crippen LogP contribution in [0.15, 0.2) is 0 Å². The lowest BCUT2D eigenvalue weighted by molar-refractivity contribution is -0.140. The molecule has 2 atom stereocenters. The third-order valence-electron chi connectivity index (χ3n) is 2.94. The van der Waals surface area contributed by atoms with Gasteiger partial charge in [0.15, 0.2) is 0 Å². The van der Waals surface area contributed by atoms with E-state index in [4.69, 9.17) is 15.4 Å². The van der Waals surface area contributed by atoms with Crippen molar-refractivity contribution in [3.63, 3.8) is 0 Å². The third kappa shape index (κ3) is 2.42. The fourth-order valence-electron chi connectivity index (χ4n) is 2.13. The molecule has 15 heavy (non-hydrogen) atoms. The van der Waals surface area contributed by atoms with Crippen LogP contribution in [0.25, 0.3) is 0 Å². The van der Waals surface area contributed by atoms with Gasteiger partial charge in [0.25, 0.3) is 0 Å². The van der Waals surface area contributed by atoms with Crippen LogP contribution in [0.5, 0.6) is 0 Å². The molecule has 0 saturated carbocycles. The van der Waals surface area contributed by atoms with Gasteiger partial charge in [-0.2, -0.15) is 11.8 Å². The average Bonchev–Trinajstić information content (AvgIpc) is 2.59. The van der Waals surface area contributed by atoms with Gasteiger partial charge < -0.3 is 4.74 Å². The first-order valence-electron chi connectivity index (χ1n) is 4.61. The molecule has 0 bridgehead atoms. The number of hydrogen-bond acceptors (Lipinski definition) is 5. The van der Waals surface area contributed by atoms with Crippen LogP contribution < -0.4 is 0 Å². The summed E-state index contributed by atoms with van der Waals surface area (Å²) in [5.74, 6) is 1.18. The topological polar surface area (TPSA) is 60.4 Å². The summed E-state index contributed by atoms with van der Waals surface area (Å²) in [6.45, 7) is 0. The van der Waals surface area contributed by atoms with E-state index in [1.165, 1.54) is 0 Å². The van der Waals surface area contributed by atoms with E-state index in [2.05, 4.69) is 0 Å². The highest BCUT2D eigenvalue weighted by atomic mass is 35.7. The molecule has 2 rings (SSSR count). The summed E-state index contributed by atoms with van der Waals surface area (Å²) in [5.41, 5.74) is -0.288. The molecule has 0 aromatic rings. The molecule has 2 aliphatic rings. The Kier molecular flexibility index (Phi) is 2.94. The lowest BCUT2D eigenvalue weighted by atomic mass is 9.81. The largest absolute Gasteiger partial charge is 0.461 e. The van der Waals surface area contributed by atoms with Gasteiger partial charge in [-0.25, -0.2) is 8.42 Å². The minimum Gasteiger partial charge on any atom is -0.461 e. The van der Waals surface area contributed by atoms with Crippen LogP contribution in [0, 0.1) is 5.41 Å². The first-order chi connectivity index (χ1) is 6.91. The number of esters is 1. The number of carbonyl (C=O) groups excluding carboxylic acids is 1. The molecule has 0 N–H and O–H groups in total. The van der Waals surface area contributed by atoms with E-state index in [0.717, 1.165) is 17.9 Å². The van der Waals surface area contributed by atoms with Gasteiger partial charge in [0.05, 0.1) is 6.42 Å². The molecule has 0 aliphatic carbocycles. The summed E-state index contributed by atoms with van der Waals surface area (Å²) in [5, 5.41) is 0. The molecule has 2 unspecified atom stereocenters. The monoisotopic (exact) mass is 270 g/mol. The van der Waals surface area contributed by atoms with Crippen LogP contribution in [-0.2, 0) is 18.6 Å². The van der Waals surface area contributed by atoms with Gasteiger partial charge in [-0.3, -0.25) is 4.79 Å². The average molecular weight is 271 g/mol. The fourth-order valence-corrected chi connectivity index (χ4v) is 4.80. The first kappa shape index (κ1) is 11.5. The smallest absolute Gasteiger partial charge is 0.306 e. The normalized spacial score (nSPS) is 36.1. The van der Waals surface area contributed by atoms with Crippen molar-refractivity contribution in [1.29, 1.82) is 0 Å². The maximum absolute atomic E-state index is 11.2. The van der Waals surface area contributed by atoms with Gasteiger partial charge in [-0.05, 0) is 12.2 Å². The number of ether oxygens (including phenoxy) is 1. The number of thioether (sulfide) groups is 1. The van der Waals surface area contributed by atoms with Crippen LogP contribution in [0.2, 0.25) is 0 Å². The zero-order valence-corrected chi connectivity index (χ0v) is 10.3. The molecule has 1 spiro atoms. The molecule has 4 nitrogen and oxygen atoms in total. The molecular weight excluding hydrogens is 260 g/mol. The SMILES string of the molecule is O=C1CC2(CCSC2)C(CS(=O)(=O)Cl)O1. The second kappa shape index (κ2) is 3.82. The number of halogens is 1. The van der Waals surface area contributed by atoms with Crippen LogP contribution in [0.3, 0.4) is 0 Å². The highest BCUT2D eigenvalue weighted by Crippen LogP contribution is 2.47. The van der Waals surface area contributed by atoms with Gasteiger partial charge >= 0.3 is 5.97 Å². The van der Waals surface area contributed by atoms with Crippen LogP contribution in [0.4, 0.5) is 0 Å². The predicted molar refractivity (Wildman–Crippen MR) is 58.5 cm³/mol. The Bertz CT molecular complexity index is 372. The highest BCUT2D eigenvalue weighted by molar-refractivity contribution is 8.13. The van der Waals surface area contributed by atoms with E-state index in [9.17, 15) is 13.2 Å². The quantitative estimate of drug-likeness (QED) is 0.553. The van der Waals surface area contributed by atoms with Gasteiger partial charge in [-0.1, -0.05) is 0 Å². The van der Waals surface area contributed by atoms with Gasteiger partial charge in [0.2, 0.25) is 9.05 Å². The minimum atomic E-state index is -3.61. The highest BCUT2D eigenvalue weighted by Gasteiger charge is 2.52. The zero-order chi connectivity index (χ0) is 11.1. The maximum atomic E-state index is 11.2. The molecule has 2 saturated heterocycles. The Morgan fingerprint density at radius 2 is 2.33 bits per heavy atom. The molecule has 0 amide bonds. The number of rotatable bonds is 2. The van der Waals surface area contributed by atoms with E-state index in [-0.39, 0.29) is 17.1 Å². The van der Waals surface area contributed by atoms with E-state index in [0.29, 0.717) is 6.42 Å². The molecule has 0 aromatic heterocycles. The van der Waals surface area contributed by atoms with E-state index in [1.54, 1.807) is 11.8 Å². The van der Waals surface area contributed by atoms with Crippen LogP contribution in [-0.4, -0.2) is 37.7 Å².